The van der Waals surface area contributed by atoms with Crippen molar-refractivity contribution in [2.45, 2.75) is 44.4 Å². The van der Waals surface area contributed by atoms with Gasteiger partial charge in [-0.2, -0.15) is 4.31 Å². The molecule has 0 aromatic heterocycles. The zero-order valence-electron chi connectivity index (χ0n) is 12.1. The molecule has 1 rings (SSSR count). The standard InChI is InChI=1S/C14H23FN2O2S/c1-3-5-10-17(11-6-4-2)20(18,19)13-9-7-8-12(15)14(13)16/h7-9H,3-6,10-11,16H2,1-2H3. The fraction of sp³-hybridized carbons (Fsp3) is 0.571. The Bertz CT molecular complexity index is 524. The molecule has 0 amide bonds. The average Bonchev–Trinajstić information content (AvgIpc) is 2.41. The fourth-order valence-corrected chi connectivity index (χ4v) is 3.55. The molecule has 0 heterocycles. The highest BCUT2D eigenvalue weighted by molar-refractivity contribution is 7.89. The first-order chi connectivity index (χ1) is 9.45. The number of nitrogens with two attached hydrogens (primary N) is 1. The van der Waals surface area contributed by atoms with Gasteiger partial charge in [-0.3, -0.25) is 0 Å². The molecule has 1 aromatic rings. The van der Waals surface area contributed by atoms with Crippen molar-refractivity contribution in [3.8, 4) is 0 Å². The number of benzene rings is 1. The first kappa shape index (κ1) is 16.9. The maximum atomic E-state index is 13.5. The lowest BCUT2D eigenvalue weighted by molar-refractivity contribution is 0.395. The van der Waals surface area contributed by atoms with E-state index in [1.54, 1.807) is 0 Å². The number of unbranched alkanes of at least 4 members (excludes halogenated alkanes) is 2. The molecule has 0 bridgehead atoms. The Hall–Kier alpha value is -1.14. The van der Waals surface area contributed by atoms with Crippen LogP contribution in [-0.2, 0) is 10.0 Å². The van der Waals surface area contributed by atoms with Gasteiger partial charge in [-0.15, -0.1) is 0 Å². The molecule has 0 aliphatic heterocycles. The van der Waals surface area contributed by atoms with Crippen LogP contribution in [0.3, 0.4) is 0 Å². The average molecular weight is 302 g/mol. The van der Waals surface area contributed by atoms with Crippen LogP contribution in [0.15, 0.2) is 23.1 Å². The highest BCUT2D eigenvalue weighted by Crippen LogP contribution is 2.25. The summed E-state index contributed by atoms with van der Waals surface area (Å²) < 4.78 is 40.1. The zero-order valence-corrected chi connectivity index (χ0v) is 12.9. The van der Waals surface area contributed by atoms with Crippen molar-refractivity contribution in [1.29, 1.82) is 0 Å². The van der Waals surface area contributed by atoms with E-state index in [0.29, 0.717) is 13.1 Å². The molecular formula is C14H23FN2O2S. The Morgan fingerprint density at radius 1 is 1.15 bits per heavy atom. The van der Waals surface area contributed by atoms with E-state index in [0.717, 1.165) is 31.7 Å². The SMILES string of the molecule is CCCCN(CCCC)S(=O)(=O)c1cccc(F)c1N. The summed E-state index contributed by atoms with van der Waals surface area (Å²) in [6, 6.07) is 3.89. The normalized spacial score (nSPS) is 12.0. The van der Waals surface area contributed by atoms with Crippen molar-refractivity contribution in [1.82, 2.24) is 4.31 Å². The monoisotopic (exact) mass is 302 g/mol. The van der Waals surface area contributed by atoms with Crippen LogP contribution in [0.2, 0.25) is 0 Å². The Morgan fingerprint density at radius 3 is 2.20 bits per heavy atom. The van der Waals surface area contributed by atoms with E-state index in [-0.39, 0.29) is 10.6 Å². The van der Waals surface area contributed by atoms with Crippen molar-refractivity contribution >= 4 is 15.7 Å². The number of sulfonamides is 1. The molecule has 4 nitrogen and oxygen atoms in total. The lowest BCUT2D eigenvalue weighted by Crippen LogP contribution is -2.33. The van der Waals surface area contributed by atoms with Gasteiger partial charge in [0, 0.05) is 13.1 Å². The summed E-state index contributed by atoms with van der Waals surface area (Å²) in [5.74, 6) is -0.697. The van der Waals surface area contributed by atoms with Gasteiger partial charge in [-0.25, -0.2) is 12.8 Å². The highest BCUT2D eigenvalue weighted by Gasteiger charge is 2.26. The van der Waals surface area contributed by atoms with Crippen molar-refractivity contribution in [2.24, 2.45) is 0 Å². The van der Waals surface area contributed by atoms with Gasteiger partial charge < -0.3 is 5.73 Å². The molecule has 0 unspecified atom stereocenters. The maximum Gasteiger partial charge on any atom is 0.245 e. The minimum atomic E-state index is -3.73. The van der Waals surface area contributed by atoms with Crippen LogP contribution in [0, 0.1) is 5.82 Å². The van der Waals surface area contributed by atoms with Crippen LogP contribution in [-0.4, -0.2) is 25.8 Å². The maximum absolute atomic E-state index is 13.5. The molecule has 114 valence electrons. The van der Waals surface area contributed by atoms with Crippen molar-refractivity contribution in [3.05, 3.63) is 24.0 Å². The van der Waals surface area contributed by atoms with E-state index in [4.69, 9.17) is 5.73 Å². The number of nitrogens with zero attached hydrogens (tertiary/aromatic N) is 1. The van der Waals surface area contributed by atoms with E-state index in [1.165, 1.54) is 16.4 Å². The van der Waals surface area contributed by atoms with Gasteiger partial charge in [-0.05, 0) is 25.0 Å². The lowest BCUT2D eigenvalue weighted by atomic mass is 10.3. The minimum absolute atomic E-state index is 0.135. The lowest BCUT2D eigenvalue weighted by Gasteiger charge is -2.22. The molecule has 0 fully saturated rings. The molecule has 2 N–H and O–H groups in total. The number of hydrogen-bond donors (Lipinski definition) is 1. The van der Waals surface area contributed by atoms with E-state index < -0.39 is 15.8 Å². The molecule has 20 heavy (non-hydrogen) atoms. The fourth-order valence-electron chi connectivity index (χ4n) is 1.90. The topological polar surface area (TPSA) is 63.4 Å². The first-order valence-electron chi connectivity index (χ1n) is 6.99. The van der Waals surface area contributed by atoms with Crippen molar-refractivity contribution in [3.63, 3.8) is 0 Å². The summed E-state index contributed by atoms with van der Waals surface area (Å²) in [5, 5.41) is 0. The van der Waals surface area contributed by atoms with Crippen LogP contribution < -0.4 is 5.73 Å². The van der Waals surface area contributed by atoms with Gasteiger partial charge in [0.2, 0.25) is 10.0 Å². The molecule has 0 aliphatic rings. The zero-order chi connectivity index (χ0) is 15.2. The van der Waals surface area contributed by atoms with Gasteiger partial charge in [0.05, 0.1) is 5.69 Å². The summed E-state index contributed by atoms with van der Waals surface area (Å²) >= 11 is 0. The second-order valence-corrected chi connectivity index (χ2v) is 6.67. The van der Waals surface area contributed by atoms with E-state index >= 15 is 0 Å². The van der Waals surface area contributed by atoms with E-state index in [2.05, 4.69) is 0 Å². The third-order valence-corrected chi connectivity index (χ3v) is 5.11. The minimum Gasteiger partial charge on any atom is -0.395 e. The van der Waals surface area contributed by atoms with Crippen molar-refractivity contribution in [2.75, 3.05) is 18.8 Å². The number of rotatable bonds is 8. The number of hydrogen-bond acceptors (Lipinski definition) is 3. The van der Waals surface area contributed by atoms with Crippen LogP contribution in [0.1, 0.15) is 39.5 Å². The molecule has 0 saturated carbocycles. The molecule has 1 aromatic carbocycles. The van der Waals surface area contributed by atoms with E-state index in [9.17, 15) is 12.8 Å². The molecular weight excluding hydrogens is 279 g/mol. The summed E-state index contributed by atoms with van der Waals surface area (Å²) in [5.41, 5.74) is 5.28. The van der Waals surface area contributed by atoms with Gasteiger partial charge in [-0.1, -0.05) is 32.8 Å². The first-order valence-corrected chi connectivity index (χ1v) is 8.43. The summed E-state index contributed by atoms with van der Waals surface area (Å²) in [6.07, 6.45) is 3.35. The number of nitrogen functional groups attached to an aromatic ring is 1. The second kappa shape index (κ2) is 7.59. The molecule has 0 spiro atoms. The largest absolute Gasteiger partial charge is 0.395 e. The number of anilines is 1. The van der Waals surface area contributed by atoms with E-state index in [1.807, 2.05) is 13.8 Å². The van der Waals surface area contributed by atoms with Gasteiger partial charge in [0.15, 0.2) is 0 Å². The quantitative estimate of drug-likeness (QED) is 0.751. The Morgan fingerprint density at radius 2 is 1.70 bits per heavy atom. The van der Waals surface area contributed by atoms with Crippen LogP contribution in [0.5, 0.6) is 0 Å². The Kier molecular flexibility index (Phi) is 6.42. The predicted octanol–water partition coefficient (Wildman–Crippen LogP) is 3.00. The van der Waals surface area contributed by atoms with Gasteiger partial charge >= 0.3 is 0 Å². The molecule has 0 aliphatic carbocycles. The molecule has 0 saturated heterocycles. The third kappa shape index (κ3) is 3.93. The van der Waals surface area contributed by atoms with Gasteiger partial charge in [0.1, 0.15) is 10.7 Å². The molecule has 6 heteroatoms. The number of para-hydroxylation sites is 1. The second-order valence-electron chi connectivity index (χ2n) is 4.76. The van der Waals surface area contributed by atoms with Crippen LogP contribution >= 0.6 is 0 Å². The Balaban J connectivity index is 3.11. The van der Waals surface area contributed by atoms with Crippen LogP contribution in [0.25, 0.3) is 0 Å². The van der Waals surface area contributed by atoms with Gasteiger partial charge in [0.25, 0.3) is 0 Å². The predicted molar refractivity (Wildman–Crippen MR) is 79.4 cm³/mol. The molecule has 0 radical (unpaired) electrons. The highest BCUT2D eigenvalue weighted by atomic mass is 32.2. The van der Waals surface area contributed by atoms with Crippen molar-refractivity contribution < 1.29 is 12.8 Å². The summed E-state index contributed by atoms with van der Waals surface area (Å²) in [6.45, 7) is 4.88. The molecule has 0 atom stereocenters. The smallest absolute Gasteiger partial charge is 0.245 e. The van der Waals surface area contributed by atoms with Crippen LogP contribution in [0.4, 0.5) is 10.1 Å². The third-order valence-electron chi connectivity index (χ3n) is 3.15. The summed E-state index contributed by atoms with van der Waals surface area (Å²) in [4.78, 5) is -0.135. The Labute approximate surface area is 120 Å². The summed E-state index contributed by atoms with van der Waals surface area (Å²) in [7, 11) is -3.73. The number of halogens is 1.